The Bertz CT molecular complexity index is 1080. The lowest BCUT2D eigenvalue weighted by atomic mass is 9.91. The number of rotatable bonds is 3. The highest BCUT2D eigenvalue weighted by Crippen LogP contribution is 2.36. The van der Waals surface area contributed by atoms with E-state index in [0.717, 1.165) is 16.9 Å². The number of fused-ring (bicyclic) bond motifs is 2. The third-order valence-electron chi connectivity index (χ3n) is 6.17. The molecule has 0 spiro atoms. The van der Waals surface area contributed by atoms with Crippen LogP contribution in [0.2, 0.25) is 0 Å². The third kappa shape index (κ3) is 3.28. The van der Waals surface area contributed by atoms with Crippen molar-refractivity contribution in [1.82, 2.24) is 15.1 Å². The summed E-state index contributed by atoms with van der Waals surface area (Å²) in [4.78, 5) is 41.5. The number of amides is 4. The molecule has 8 nitrogen and oxygen atoms in total. The van der Waals surface area contributed by atoms with Crippen molar-refractivity contribution in [1.29, 1.82) is 0 Å². The van der Waals surface area contributed by atoms with Crippen molar-refractivity contribution in [2.45, 2.75) is 25.4 Å². The molecule has 5 rings (SSSR count). The molecule has 1 atom stereocenters. The Balaban J connectivity index is 1.33. The second-order valence-corrected chi connectivity index (χ2v) is 8.14. The standard InChI is InChI=1S/C23H23N3O5/c1-23(17-6-7-18-19(12-17)31-11-10-30-18)21(28)26(22(29)24-23)14-20(27)25-9-8-15-4-2-3-5-16(15)13-25/h2-7,12H,8-11,13-14H2,1H3,(H,24,29)/t23-/m0/s1. The van der Waals surface area contributed by atoms with Crippen LogP contribution < -0.4 is 14.8 Å². The quantitative estimate of drug-likeness (QED) is 0.764. The van der Waals surface area contributed by atoms with E-state index < -0.39 is 17.5 Å². The van der Waals surface area contributed by atoms with E-state index in [1.54, 1.807) is 30.0 Å². The van der Waals surface area contributed by atoms with Crippen molar-refractivity contribution in [2.75, 3.05) is 26.3 Å². The summed E-state index contributed by atoms with van der Waals surface area (Å²) in [6.45, 7) is 3.30. The van der Waals surface area contributed by atoms with Crippen LogP contribution in [0.4, 0.5) is 4.79 Å². The summed E-state index contributed by atoms with van der Waals surface area (Å²) in [7, 11) is 0. The van der Waals surface area contributed by atoms with Crippen molar-refractivity contribution >= 4 is 17.8 Å². The van der Waals surface area contributed by atoms with Gasteiger partial charge in [0.25, 0.3) is 5.91 Å². The number of nitrogens with one attached hydrogen (secondary N) is 1. The van der Waals surface area contributed by atoms with Gasteiger partial charge in [0.05, 0.1) is 0 Å². The molecule has 4 amide bonds. The van der Waals surface area contributed by atoms with E-state index in [4.69, 9.17) is 9.47 Å². The number of imide groups is 1. The van der Waals surface area contributed by atoms with Gasteiger partial charge in [0, 0.05) is 13.1 Å². The Morgan fingerprint density at radius 1 is 1.06 bits per heavy atom. The van der Waals surface area contributed by atoms with Crippen LogP contribution in [0.3, 0.4) is 0 Å². The predicted octanol–water partition coefficient (Wildman–Crippen LogP) is 1.81. The number of urea groups is 1. The van der Waals surface area contributed by atoms with Gasteiger partial charge in [-0.3, -0.25) is 14.5 Å². The topological polar surface area (TPSA) is 88.2 Å². The zero-order chi connectivity index (χ0) is 21.6. The summed E-state index contributed by atoms with van der Waals surface area (Å²) in [6, 6.07) is 12.6. The highest BCUT2D eigenvalue weighted by molar-refractivity contribution is 6.09. The maximum Gasteiger partial charge on any atom is 0.325 e. The van der Waals surface area contributed by atoms with Gasteiger partial charge in [-0.25, -0.2) is 4.79 Å². The minimum atomic E-state index is -1.28. The van der Waals surface area contributed by atoms with Gasteiger partial charge in [0.1, 0.15) is 25.3 Å². The molecule has 0 radical (unpaired) electrons. The predicted molar refractivity (Wildman–Crippen MR) is 111 cm³/mol. The first kappa shape index (κ1) is 19.4. The van der Waals surface area contributed by atoms with Gasteiger partial charge in [-0.2, -0.15) is 0 Å². The Labute approximate surface area is 179 Å². The molecule has 3 heterocycles. The fraction of sp³-hybridized carbons (Fsp3) is 0.348. The van der Waals surface area contributed by atoms with Crippen LogP contribution in [0.25, 0.3) is 0 Å². The van der Waals surface area contributed by atoms with Gasteiger partial charge in [-0.15, -0.1) is 0 Å². The molecule has 160 valence electrons. The van der Waals surface area contributed by atoms with Crippen LogP contribution >= 0.6 is 0 Å². The second-order valence-electron chi connectivity index (χ2n) is 8.14. The van der Waals surface area contributed by atoms with Gasteiger partial charge in [0.2, 0.25) is 5.91 Å². The zero-order valence-electron chi connectivity index (χ0n) is 17.2. The molecule has 1 saturated heterocycles. The van der Waals surface area contributed by atoms with E-state index in [2.05, 4.69) is 11.4 Å². The van der Waals surface area contributed by atoms with Crippen LogP contribution in [0.5, 0.6) is 11.5 Å². The molecule has 3 aliphatic rings. The lowest BCUT2D eigenvalue weighted by molar-refractivity contribution is -0.139. The van der Waals surface area contributed by atoms with Gasteiger partial charge >= 0.3 is 6.03 Å². The van der Waals surface area contributed by atoms with Gasteiger partial charge in [-0.1, -0.05) is 30.3 Å². The molecule has 1 fully saturated rings. The summed E-state index contributed by atoms with van der Waals surface area (Å²) in [5.41, 5.74) is 1.63. The second kappa shape index (κ2) is 7.30. The molecule has 1 N–H and O–H groups in total. The highest BCUT2D eigenvalue weighted by atomic mass is 16.6. The molecule has 0 aromatic heterocycles. The summed E-state index contributed by atoms with van der Waals surface area (Å²) in [5.74, 6) is 0.436. The Kier molecular flexibility index (Phi) is 4.57. The maximum atomic E-state index is 13.2. The van der Waals surface area contributed by atoms with Crippen LogP contribution in [-0.2, 0) is 28.1 Å². The molecule has 0 unspecified atom stereocenters. The van der Waals surface area contributed by atoms with E-state index in [1.807, 2.05) is 18.2 Å². The van der Waals surface area contributed by atoms with Crippen molar-refractivity contribution in [3.8, 4) is 11.5 Å². The number of carbonyl (C=O) groups is 3. The number of carbonyl (C=O) groups excluding carboxylic acids is 3. The number of ether oxygens (including phenoxy) is 2. The summed E-state index contributed by atoms with van der Waals surface area (Å²) in [6.07, 6.45) is 0.761. The molecule has 0 saturated carbocycles. The molecule has 0 bridgehead atoms. The Morgan fingerprint density at radius 3 is 2.61 bits per heavy atom. The molecule has 2 aromatic carbocycles. The van der Waals surface area contributed by atoms with Gasteiger partial charge in [0.15, 0.2) is 11.5 Å². The third-order valence-corrected chi connectivity index (χ3v) is 6.17. The number of hydrogen-bond acceptors (Lipinski definition) is 5. The van der Waals surface area contributed by atoms with Crippen molar-refractivity contribution in [3.05, 3.63) is 59.2 Å². The zero-order valence-corrected chi connectivity index (χ0v) is 17.2. The van der Waals surface area contributed by atoms with E-state index in [9.17, 15) is 14.4 Å². The lowest BCUT2D eigenvalue weighted by Gasteiger charge is -2.30. The number of nitrogens with zero attached hydrogens (tertiary/aromatic N) is 2. The summed E-state index contributed by atoms with van der Waals surface area (Å²) in [5, 5.41) is 2.75. The molecular weight excluding hydrogens is 398 g/mol. The van der Waals surface area contributed by atoms with Gasteiger partial charge in [-0.05, 0) is 42.2 Å². The van der Waals surface area contributed by atoms with E-state index in [1.165, 1.54) is 5.56 Å². The minimum Gasteiger partial charge on any atom is -0.486 e. The molecule has 0 aliphatic carbocycles. The van der Waals surface area contributed by atoms with Crippen LogP contribution in [0.15, 0.2) is 42.5 Å². The SMILES string of the molecule is C[C@@]1(c2ccc3c(c2)OCCO3)NC(=O)N(CC(=O)N2CCc3ccccc3C2)C1=O. The molecule has 3 aliphatic heterocycles. The van der Waals surface area contributed by atoms with Crippen LogP contribution in [0, 0.1) is 0 Å². The Morgan fingerprint density at radius 2 is 1.81 bits per heavy atom. The molecular formula is C23H23N3O5. The normalized spacial score (nSPS) is 22.2. The van der Waals surface area contributed by atoms with E-state index in [0.29, 0.717) is 43.4 Å². The van der Waals surface area contributed by atoms with E-state index >= 15 is 0 Å². The molecule has 31 heavy (non-hydrogen) atoms. The average Bonchev–Trinajstić information content (AvgIpc) is 3.02. The van der Waals surface area contributed by atoms with Crippen LogP contribution in [0.1, 0.15) is 23.6 Å². The minimum absolute atomic E-state index is 0.246. The first-order valence-electron chi connectivity index (χ1n) is 10.3. The number of benzene rings is 2. The van der Waals surface area contributed by atoms with Crippen molar-refractivity contribution in [3.63, 3.8) is 0 Å². The summed E-state index contributed by atoms with van der Waals surface area (Å²) >= 11 is 0. The molecule has 2 aromatic rings. The summed E-state index contributed by atoms with van der Waals surface area (Å²) < 4.78 is 11.1. The largest absolute Gasteiger partial charge is 0.486 e. The number of hydrogen-bond donors (Lipinski definition) is 1. The first-order chi connectivity index (χ1) is 15.0. The highest BCUT2D eigenvalue weighted by Gasteiger charge is 2.50. The fourth-order valence-corrected chi connectivity index (χ4v) is 4.33. The fourth-order valence-electron chi connectivity index (χ4n) is 4.33. The van der Waals surface area contributed by atoms with Gasteiger partial charge < -0.3 is 19.7 Å². The van der Waals surface area contributed by atoms with Crippen molar-refractivity contribution < 1.29 is 23.9 Å². The Hall–Kier alpha value is -3.55. The smallest absolute Gasteiger partial charge is 0.325 e. The maximum absolute atomic E-state index is 13.2. The lowest BCUT2D eigenvalue weighted by Crippen LogP contribution is -2.45. The first-order valence-corrected chi connectivity index (χ1v) is 10.3. The van der Waals surface area contributed by atoms with E-state index in [-0.39, 0.29) is 12.5 Å². The average molecular weight is 421 g/mol. The van der Waals surface area contributed by atoms with Crippen molar-refractivity contribution in [2.24, 2.45) is 0 Å². The molecule has 8 heteroatoms. The monoisotopic (exact) mass is 421 g/mol. The van der Waals surface area contributed by atoms with Crippen LogP contribution in [-0.4, -0.2) is 53.9 Å².